The lowest BCUT2D eigenvalue weighted by atomic mass is 10.1. The molecule has 1 N–H and O–H groups in total. The zero-order valence-corrected chi connectivity index (χ0v) is 10.9. The van der Waals surface area contributed by atoms with Gasteiger partial charge in [-0.05, 0) is 19.1 Å². The number of aromatic nitrogens is 2. The number of Topliss-reactive ketones (excluding diaryl/α,β-unsaturated/α-hetero) is 1. The number of methoxy groups -OCH3 is 1. The van der Waals surface area contributed by atoms with Crippen molar-refractivity contribution in [3.63, 3.8) is 0 Å². The Kier molecular flexibility index (Phi) is 3.51. The molecule has 0 aliphatic rings. The maximum Gasteiger partial charge on any atom is 0.356 e. The van der Waals surface area contributed by atoms with Crippen molar-refractivity contribution in [3.8, 4) is 0 Å². The Labute approximate surface area is 113 Å². The van der Waals surface area contributed by atoms with Crippen molar-refractivity contribution in [2.24, 2.45) is 0 Å². The monoisotopic (exact) mass is 276 g/mol. The molecule has 0 aromatic carbocycles. The number of carboxylic acids is 1. The van der Waals surface area contributed by atoms with Crippen molar-refractivity contribution in [1.82, 2.24) is 9.55 Å². The second-order valence-electron chi connectivity index (χ2n) is 4.18. The minimum absolute atomic E-state index is 0.0554. The van der Waals surface area contributed by atoms with Gasteiger partial charge >= 0.3 is 11.9 Å². The first kappa shape index (κ1) is 13.7. The third-order valence-electron chi connectivity index (χ3n) is 2.80. The van der Waals surface area contributed by atoms with Crippen LogP contribution in [0.4, 0.5) is 0 Å². The van der Waals surface area contributed by atoms with E-state index in [0.29, 0.717) is 10.9 Å². The molecule has 0 fully saturated rings. The molecular weight excluding hydrogens is 264 g/mol. The fourth-order valence-electron chi connectivity index (χ4n) is 1.93. The highest BCUT2D eigenvalue weighted by Crippen LogP contribution is 2.21. The van der Waals surface area contributed by atoms with Gasteiger partial charge in [0.15, 0.2) is 11.5 Å². The van der Waals surface area contributed by atoms with E-state index in [4.69, 9.17) is 5.11 Å². The van der Waals surface area contributed by atoms with E-state index in [1.807, 2.05) is 0 Å². The van der Waals surface area contributed by atoms with Gasteiger partial charge in [0.1, 0.15) is 12.2 Å². The predicted molar refractivity (Wildman–Crippen MR) is 68.7 cm³/mol. The van der Waals surface area contributed by atoms with E-state index in [2.05, 4.69) is 9.72 Å². The lowest BCUT2D eigenvalue weighted by molar-refractivity contribution is -0.137. The van der Waals surface area contributed by atoms with Crippen LogP contribution in [-0.4, -0.2) is 39.5 Å². The molecule has 0 saturated heterocycles. The van der Waals surface area contributed by atoms with Crippen molar-refractivity contribution >= 4 is 28.8 Å². The standard InChI is InChI=1S/C13H12N2O5/c1-7(16)9-5-15(6-11(17)18)12-8(9)3-4-10(14-12)13(19)20-2/h3-5H,6H2,1-2H3,(H,17,18). The average molecular weight is 276 g/mol. The van der Waals surface area contributed by atoms with Crippen molar-refractivity contribution in [2.45, 2.75) is 13.5 Å². The summed E-state index contributed by atoms with van der Waals surface area (Å²) < 4.78 is 5.89. The SMILES string of the molecule is COC(=O)c1ccc2c(C(C)=O)cn(CC(=O)O)c2n1. The van der Waals surface area contributed by atoms with E-state index in [-0.39, 0.29) is 23.7 Å². The van der Waals surface area contributed by atoms with E-state index >= 15 is 0 Å². The number of ether oxygens (including phenoxy) is 1. The van der Waals surface area contributed by atoms with Crippen LogP contribution < -0.4 is 0 Å². The molecule has 0 saturated carbocycles. The van der Waals surface area contributed by atoms with Gasteiger partial charge in [-0.2, -0.15) is 0 Å². The summed E-state index contributed by atoms with van der Waals surface area (Å²) in [7, 11) is 1.23. The third kappa shape index (κ3) is 2.37. The lowest BCUT2D eigenvalue weighted by Crippen LogP contribution is -2.10. The first-order valence-electron chi connectivity index (χ1n) is 5.75. The van der Waals surface area contributed by atoms with Gasteiger partial charge in [-0.3, -0.25) is 9.59 Å². The van der Waals surface area contributed by atoms with Gasteiger partial charge in [-0.1, -0.05) is 0 Å². The predicted octanol–water partition coefficient (Wildman–Crippen LogP) is 1.11. The topological polar surface area (TPSA) is 98.5 Å². The van der Waals surface area contributed by atoms with E-state index in [1.54, 1.807) is 6.07 Å². The number of aliphatic carboxylic acids is 1. The van der Waals surface area contributed by atoms with Gasteiger partial charge in [-0.25, -0.2) is 9.78 Å². The highest BCUT2D eigenvalue weighted by molar-refractivity contribution is 6.07. The number of rotatable bonds is 4. The third-order valence-corrected chi connectivity index (χ3v) is 2.80. The Hall–Kier alpha value is -2.70. The van der Waals surface area contributed by atoms with Gasteiger partial charge in [-0.15, -0.1) is 0 Å². The van der Waals surface area contributed by atoms with Gasteiger partial charge in [0.25, 0.3) is 0 Å². The molecule has 2 aromatic rings. The Bertz CT molecular complexity index is 717. The molecule has 0 radical (unpaired) electrons. The van der Waals surface area contributed by atoms with Crippen LogP contribution in [0, 0.1) is 0 Å². The molecular formula is C13H12N2O5. The molecule has 20 heavy (non-hydrogen) atoms. The Balaban J connectivity index is 2.67. The number of ketones is 1. The molecule has 7 nitrogen and oxygen atoms in total. The fraction of sp³-hybridized carbons (Fsp3) is 0.231. The molecule has 0 atom stereocenters. The summed E-state index contributed by atoms with van der Waals surface area (Å²) in [6, 6.07) is 3.00. The lowest BCUT2D eigenvalue weighted by Gasteiger charge is -2.02. The second-order valence-corrected chi connectivity index (χ2v) is 4.18. The molecule has 0 unspecified atom stereocenters. The molecule has 7 heteroatoms. The molecule has 0 amide bonds. The molecule has 2 aromatic heterocycles. The van der Waals surface area contributed by atoms with Gasteiger partial charge in [0.2, 0.25) is 0 Å². The number of hydrogen-bond donors (Lipinski definition) is 1. The summed E-state index contributed by atoms with van der Waals surface area (Å²) in [5.74, 6) is -1.90. The fourth-order valence-corrected chi connectivity index (χ4v) is 1.93. The minimum atomic E-state index is -1.07. The van der Waals surface area contributed by atoms with Crippen molar-refractivity contribution < 1.29 is 24.2 Å². The first-order chi connectivity index (χ1) is 9.43. The van der Waals surface area contributed by atoms with E-state index < -0.39 is 11.9 Å². The molecule has 0 spiro atoms. The number of hydrogen-bond acceptors (Lipinski definition) is 5. The van der Waals surface area contributed by atoms with Crippen LogP contribution in [0.5, 0.6) is 0 Å². The van der Waals surface area contributed by atoms with E-state index in [1.165, 1.54) is 30.9 Å². The highest BCUT2D eigenvalue weighted by atomic mass is 16.5. The molecule has 0 bridgehead atoms. The normalized spacial score (nSPS) is 10.5. The number of fused-ring (bicyclic) bond motifs is 1. The van der Waals surface area contributed by atoms with Gasteiger partial charge in [0.05, 0.1) is 7.11 Å². The maximum absolute atomic E-state index is 11.6. The van der Waals surface area contributed by atoms with Crippen molar-refractivity contribution in [1.29, 1.82) is 0 Å². The summed E-state index contributed by atoms with van der Waals surface area (Å²) in [5.41, 5.74) is 0.686. The summed E-state index contributed by atoms with van der Waals surface area (Å²) in [6.07, 6.45) is 1.43. The Morgan fingerprint density at radius 2 is 2.05 bits per heavy atom. The number of pyridine rings is 1. The van der Waals surface area contributed by atoms with Crippen LogP contribution >= 0.6 is 0 Å². The minimum Gasteiger partial charge on any atom is -0.480 e. The number of carboxylic acid groups (broad SMARTS) is 1. The molecule has 104 valence electrons. The highest BCUT2D eigenvalue weighted by Gasteiger charge is 2.17. The zero-order valence-electron chi connectivity index (χ0n) is 10.9. The van der Waals surface area contributed by atoms with Crippen LogP contribution in [0.1, 0.15) is 27.8 Å². The summed E-state index contributed by atoms with van der Waals surface area (Å²) in [6.45, 7) is 1.04. The average Bonchev–Trinajstić information content (AvgIpc) is 2.75. The molecule has 2 heterocycles. The van der Waals surface area contributed by atoms with E-state index in [9.17, 15) is 14.4 Å². The number of esters is 1. The van der Waals surface area contributed by atoms with Gasteiger partial charge in [0, 0.05) is 17.1 Å². The second kappa shape index (κ2) is 5.12. The number of carbonyl (C=O) groups is 3. The largest absolute Gasteiger partial charge is 0.480 e. The number of nitrogens with zero attached hydrogens (tertiary/aromatic N) is 2. The van der Waals surface area contributed by atoms with Crippen LogP contribution in [0.3, 0.4) is 0 Å². The van der Waals surface area contributed by atoms with Crippen LogP contribution in [-0.2, 0) is 16.1 Å². The Morgan fingerprint density at radius 1 is 1.35 bits per heavy atom. The Morgan fingerprint density at radius 3 is 2.60 bits per heavy atom. The quantitative estimate of drug-likeness (QED) is 0.663. The molecule has 0 aliphatic heterocycles. The van der Waals surface area contributed by atoms with Crippen molar-refractivity contribution in [2.75, 3.05) is 7.11 Å². The van der Waals surface area contributed by atoms with Crippen molar-refractivity contribution in [3.05, 3.63) is 29.6 Å². The van der Waals surface area contributed by atoms with E-state index in [0.717, 1.165) is 0 Å². The maximum atomic E-state index is 11.6. The molecule has 0 aliphatic carbocycles. The van der Waals surface area contributed by atoms with Gasteiger partial charge < -0.3 is 14.4 Å². The first-order valence-corrected chi connectivity index (χ1v) is 5.75. The molecule has 2 rings (SSSR count). The summed E-state index contributed by atoms with van der Waals surface area (Å²) in [5, 5.41) is 9.38. The summed E-state index contributed by atoms with van der Waals surface area (Å²) >= 11 is 0. The van der Waals surface area contributed by atoms with Crippen LogP contribution in [0.25, 0.3) is 11.0 Å². The zero-order chi connectivity index (χ0) is 14.9. The van der Waals surface area contributed by atoms with Crippen LogP contribution in [0.15, 0.2) is 18.3 Å². The smallest absolute Gasteiger partial charge is 0.356 e. The van der Waals surface area contributed by atoms with Crippen LogP contribution in [0.2, 0.25) is 0 Å². The summed E-state index contributed by atoms with van der Waals surface area (Å²) in [4.78, 5) is 37.9. The number of carbonyl (C=O) groups excluding carboxylic acids is 2.